The number of amides is 1. The highest BCUT2D eigenvalue weighted by Gasteiger charge is 2.16. The van der Waals surface area contributed by atoms with Crippen LogP contribution in [0, 0.1) is 0 Å². The molecule has 0 saturated heterocycles. The Bertz CT molecular complexity index is 826. The van der Waals surface area contributed by atoms with E-state index in [1.54, 1.807) is 34.9 Å². The number of anilines is 1. The topological polar surface area (TPSA) is 89.4 Å². The number of hydrogen-bond donors (Lipinski definition) is 1. The lowest BCUT2D eigenvalue weighted by molar-refractivity contribution is 0.0792. The van der Waals surface area contributed by atoms with E-state index in [4.69, 9.17) is 5.73 Å². The fourth-order valence-electron chi connectivity index (χ4n) is 2.27. The van der Waals surface area contributed by atoms with E-state index in [1.165, 1.54) is 11.3 Å². The molecule has 0 aliphatic carbocycles. The largest absolute Gasteiger partial charge is 0.396 e. The molecule has 0 fully saturated rings. The highest BCUT2D eigenvalue weighted by atomic mass is 32.1. The summed E-state index contributed by atoms with van der Waals surface area (Å²) in [5.74, 6) is 0.439. The number of nitrogen functional groups attached to an aromatic ring is 1. The normalized spacial score (nSPS) is 11.0. The molecule has 1 amide bonds. The Hall–Kier alpha value is -2.48. The Morgan fingerprint density at radius 3 is 3.00 bits per heavy atom. The third kappa shape index (κ3) is 3.02. The molecule has 120 valence electrons. The standard InChI is InChI=1S/C15H18N6OS/c1-3-4-6-20(2)15(22)10-8-11(16)13-18-12(19-21(13)9-10)14-17-5-7-23-14/h5,7-9H,3-4,6,16H2,1-2H3. The zero-order chi connectivity index (χ0) is 16.4. The molecule has 3 heterocycles. The highest BCUT2D eigenvalue weighted by molar-refractivity contribution is 7.13. The molecule has 0 aliphatic rings. The van der Waals surface area contributed by atoms with Crippen LogP contribution in [0.3, 0.4) is 0 Å². The van der Waals surface area contributed by atoms with Gasteiger partial charge in [0.2, 0.25) is 5.82 Å². The minimum absolute atomic E-state index is 0.0710. The van der Waals surface area contributed by atoms with Crippen LogP contribution in [0.25, 0.3) is 16.5 Å². The SMILES string of the molecule is CCCCN(C)C(=O)c1cc(N)c2nc(-c3nccs3)nn2c1. The first-order chi connectivity index (χ1) is 11.1. The lowest BCUT2D eigenvalue weighted by Gasteiger charge is -2.16. The van der Waals surface area contributed by atoms with Gasteiger partial charge in [0.15, 0.2) is 10.7 Å². The van der Waals surface area contributed by atoms with Crippen molar-refractivity contribution in [1.82, 2.24) is 24.5 Å². The van der Waals surface area contributed by atoms with Crippen LogP contribution < -0.4 is 5.73 Å². The van der Waals surface area contributed by atoms with Crippen molar-refractivity contribution in [2.24, 2.45) is 0 Å². The summed E-state index contributed by atoms with van der Waals surface area (Å²) >= 11 is 1.46. The summed E-state index contributed by atoms with van der Waals surface area (Å²) in [4.78, 5) is 22.8. The van der Waals surface area contributed by atoms with Gasteiger partial charge in [-0.2, -0.15) is 0 Å². The van der Waals surface area contributed by atoms with Gasteiger partial charge in [-0.25, -0.2) is 14.5 Å². The first kappa shape index (κ1) is 15.4. The summed E-state index contributed by atoms with van der Waals surface area (Å²) in [7, 11) is 1.79. The van der Waals surface area contributed by atoms with Crippen LogP contribution in [-0.4, -0.2) is 44.0 Å². The van der Waals surface area contributed by atoms with Gasteiger partial charge in [0, 0.05) is 31.4 Å². The molecule has 3 aromatic heterocycles. The van der Waals surface area contributed by atoms with Crippen molar-refractivity contribution in [2.75, 3.05) is 19.3 Å². The fraction of sp³-hybridized carbons (Fsp3) is 0.333. The number of nitrogens with zero attached hydrogens (tertiary/aromatic N) is 5. The average molecular weight is 330 g/mol. The lowest BCUT2D eigenvalue weighted by Crippen LogP contribution is -2.28. The predicted molar refractivity (Wildman–Crippen MR) is 90.4 cm³/mol. The van der Waals surface area contributed by atoms with E-state index in [-0.39, 0.29) is 5.91 Å². The van der Waals surface area contributed by atoms with Crippen LogP contribution in [0.5, 0.6) is 0 Å². The highest BCUT2D eigenvalue weighted by Crippen LogP contribution is 2.22. The zero-order valence-electron chi connectivity index (χ0n) is 13.1. The number of unbranched alkanes of at least 4 members (excludes halogenated alkanes) is 1. The summed E-state index contributed by atoms with van der Waals surface area (Å²) < 4.78 is 1.55. The molecule has 0 spiro atoms. The molecule has 7 nitrogen and oxygen atoms in total. The van der Waals surface area contributed by atoms with Gasteiger partial charge in [-0.1, -0.05) is 13.3 Å². The molecule has 3 rings (SSSR count). The monoisotopic (exact) mass is 330 g/mol. The van der Waals surface area contributed by atoms with E-state index in [0.29, 0.717) is 22.7 Å². The molecule has 0 radical (unpaired) electrons. The smallest absolute Gasteiger partial charge is 0.255 e. The van der Waals surface area contributed by atoms with Crippen molar-refractivity contribution in [2.45, 2.75) is 19.8 Å². The van der Waals surface area contributed by atoms with Crippen molar-refractivity contribution in [3.63, 3.8) is 0 Å². The van der Waals surface area contributed by atoms with Gasteiger partial charge in [0.05, 0.1) is 11.3 Å². The Kier molecular flexibility index (Phi) is 4.24. The molecule has 8 heteroatoms. The van der Waals surface area contributed by atoms with Gasteiger partial charge in [0.25, 0.3) is 5.91 Å². The molecule has 0 aromatic carbocycles. The number of aromatic nitrogens is 4. The van der Waals surface area contributed by atoms with Gasteiger partial charge in [-0.15, -0.1) is 16.4 Å². The second kappa shape index (κ2) is 6.33. The number of nitrogens with two attached hydrogens (primary N) is 1. The maximum atomic E-state index is 12.5. The molecule has 0 aliphatic heterocycles. The summed E-state index contributed by atoms with van der Waals surface area (Å²) in [5, 5.41) is 6.97. The Morgan fingerprint density at radius 1 is 1.48 bits per heavy atom. The number of carbonyl (C=O) groups is 1. The van der Waals surface area contributed by atoms with Crippen molar-refractivity contribution < 1.29 is 4.79 Å². The Labute approximate surface area is 137 Å². The number of thiazole rings is 1. The van der Waals surface area contributed by atoms with Crippen LogP contribution in [0.4, 0.5) is 5.69 Å². The zero-order valence-corrected chi connectivity index (χ0v) is 13.9. The number of fused-ring (bicyclic) bond motifs is 1. The number of hydrogen-bond acceptors (Lipinski definition) is 6. The Morgan fingerprint density at radius 2 is 2.30 bits per heavy atom. The molecule has 2 N–H and O–H groups in total. The quantitative estimate of drug-likeness (QED) is 0.775. The van der Waals surface area contributed by atoms with Gasteiger partial charge in [-0.05, 0) is 12.5 Å². The summed E-state index contributed by atoms with van der Waals surface area (Å²) in [5.41, 5.74) is 7.51. The van der Waals surface area contributed by atoms with Crippen molar-refractivity contribution in [1.29, 1.82) is 0 Å². The van der Waals surface area contributed by atoms with Crippen LogP contribution in [0.2, 0.25) is 0 Å². The van der Waals surface area contributed by atoms with Crippen molar-refractivity contribution in [3.05, 3.63) is 29.4 Å². The van der Waals surface area contributed by atoms with Gasteiger partial charge in [0.1, 0.15) is 0 Å². The van der Waals surface area contributed by atoms with E-state index in [2.05, 4.69) is 22.0 Å². The Balaban J connectivity index is 1.96. The first-order valence-electron chi connectivity index (χ1n) is 7.41. The minimum atomic E-state index is -0.0710. The van der Waals surface area contributed by atoms with Crippen LogP contribution in [0.1, 0.15) is 30.1 Å². The van der Waals surface area contributed by atoms with Crippen molar-refractivity contribution >= 4 is 28.6 Å². The third-order valence-electron chi connectivity index (χ3n) is 3.53. The summed E-state index contributed by atoms with van der Waals surface area (Å²) in [6, 6.07) is 1.65. The predicted octanol–water partition coefficient (Wildman–Crippen LogP) is 2.31. The second-order valence-corrected chi connectivity index (χ2v) is 6.20. The van der Waals surface area contributed by atoms with Gasteiger partial charge < -0.3 is 10.6 Å². The number of pyridine rings is 1. The summed E-state index contributed by atoms with van der Waals surface area (Å²) in [6.07, 6.45) is 5.38. The average Bonchev–Trinajstić information content (AvgIpc) is 3.20. The maximum absolute atomic E-state index is 12.5. The van der Waals surface area contributed by atoms with Crippen LogP contribution in [-0.2, 0) is 0 Å². The minimum Gasteiger partial charge on any atom is -0.396 e. The fourth-order valence-corrected chi connectivity index (χ4v) is 2.83. The molecule has 0 atom stereocenters. The molecular formula is C15H18N6OS. The van der Waals surface area contributed by atoms with E-state index in [0.717, 1.165) is 24.4 Å². The summed E-state index contributed by atoms with van der Waals surface area (Å²) in [6.45, 7) is 2.81. The van der Waals surface area contributed by atoms with Gasteiger partial charge >= 0.3 is 0 Å². The number of rotatable bonds is 5. The maximum Gasteiger partial charge on any atom is 0.255 e. The molecule has 3 aromatic rings. The molecular weight excluding hydrogens is 312 g/mol. The number of carbonyl (C=O) groups excluding carboxylic acids is 1. The second-order valence-electron chi connectivity index (χ2n) is 5.31. The van der Waals surface area contributed by atoms with E-state index in [1.807, 2.05) is 5.38 Å². The van der Waals surface area contributed by atoms with E-state index >= 15 is 0 Å². The van der Waals surface area contributed by atoms with Gasteiger partial charge in [-0.3, -0.25) is 4.79 Å². The molecule has 0 saturated carbocycles. The lowest BCUT2D eigenvalue weighted by atomic mass is 10.2. The molecule has 23 heavy (non-hydrogen) atoms. The third-order valence-corrected chi connectivity index (χ3v) is 4.30. The van der Waals surface area contributed by atoms with Crippen LogP contribution >= 0.6 is 11.3 Å². The molecule has 0 bridgehead atoms. The van der Waals surface area contributed by atoms with Crippen LogP contribution in [0.15, 0.2) is 23.8 Å². The van der Waals surface area contributed by atoms with E-state index < -0.39 is 0 Å². The molecule has 0 unspecified atom stereocenters. The first-order valence-corrected chi connectivity index (χ1v) is 8.29. The van der Waals surface area contributed by atoms with Crippen molar-refractivity contribution in [3.8, 4) is 10.8 Å². The van der Waals surface area contributed by atoms with E-state index in [9.17, 15) is 4.79 Å².